The van der Waals surface area contributed by atoms with Gasteiger partial charge in [-0.1, -0.05) is 0 Å². The Balaban J connectivity index is 1.83. The van der Waals surface area contributed by atoms with Crippen LogP contribution in [0.1, 0.15) is 10.4 Å². The first kappa shape index (κ1) is 19.5. The van der Waals surface area contributed by atoms with Crippen LogP contribution >= 0.6 is 11.3 Å². The Kier molecular flexibility index (Phi) is 6.00. The van der Waals surface area contributed by atoms with Gasteiger partial charge < -0.3 is 18.9 Å². The number of benzene rings is 2. The first-order chi connectivity index (χ1) is 13.6. The number of carbonyl (C=O) groups excluding carboxylic acids is 1. The van der Waals surface area contributed by atoms with Gasteiger partial charge in [0, 0.05) is 28.6 Å². The summed E-state index contributed by atoms with van der Waals surface area (Å²) in [6, 6.07) is 10.5. The molecule has 0 spiro atoms. The molecule has 8 heteroatoms. The minimum atomic E-state index is -0.306. The summed E-state index contributed by atoms with van der Waals surface area (Å²) in [7, 11) is 6.25. The lowest BCUT2D eigenvalue weighted by Crippen LogP contribution is -2.12. The van der Waals surface area contributed by atoms with Crippen molar-refractivity contribution in [2.75, 3.05) is 33.8 Å². The number of thiazole rings is 1. The number of nitrogens with zero attached hydrogens (tertiary/aromatic N) is 1. The highest BCUT2D eigenvalue weighted by molar-refractivity contribution is 7.14. The molecule has 0 aliphatic heterocycles. The molecule has 1 aromatic heterocycles. The third-order valence-electron chi connectivity index (χ3n) is 4.02. The fourth-order valence-electron chi connectivity index (χ4n) is 2.57. The van der Waals surface area contributed by atoms with Gasteiger partial charge in [0.05, 0.1) is 34.1 Å². The van der Waals surface area contributed by atoms with Crippen molar-refractivity contribution in [1.82, 2.24) is 4.98 Å². The van der Waals surface area contributed by atoms with Crippen LogP contribution in [0, 0.1) is 0 Å². The number of rotatable bonds is 7. The van der Waals surface area contributed by atoms with Gasteiger partial charge in [0.2, 0.25) is 0 Å². The zero-order chi connectivity index (χ0) is 20.1. The average Bonchev–Trinajstić information content (AvgIpc) is 3.20. The molecule has 7 nitrogen and oxygen atoms in total. The Hall–Kier alpha value is -3.26. The quantitative estimate of drug-likeness (QED) is 0.643. The average molecular weight is 400 g/mol. The van der Waals surface area contributed by atoms with Crippen LogP contribution in [-0.2, 0) is 0 Å². The molecule has 0 aliphatic carbocycles. The third-order valence-corrected chi connectivity index (χ3v) is 4.78. The highest BCUT2D eigenvalue weighted by atomic mass is 32.1. The van der Waals surface area contributed by atoms with Crippen molar-refractivity contribution in [3.63, 3.8) is 0 Å². The largest absolute Gasteiger partial charge is 0.497 e. The van der Waals surface area contributed by atoms with Crippen LogP contribution in [0.2, 0.25) is 0 Å². The van der Waals surface area contributed by atoms with E-state index in [0.29, 0.717) is 39.4 Å². The minimum Gasteiger partial charge on any atom is -0.497 e. The lowest BCUT2D eigenvalue weighted by atomic mass is 10.1. The third kappa shape index (κ3) is 4.17. The lowest BCUT2D eigenvalue weighted by molar-refractivity contribution is 0.102. The molecule has 28 heavy (non-hydrogen) atoms. The molecule has 1 N–H and O–H groups in total. The molecule has 2 aromatic carbocycles. The van der Waals surface area contributed by atoms with Crippen LogP contribution in [0.4, 0.5) is 5.13 Å². The monoisotopic (exact) mass is 400 g/mol. The van der Waals surface area contributed by atoms with Crippen molar-refractivity contribution in [2.45, 2.75) is 0 Å². The van der Waals surface area contributed by atoms with Crippen LogP contribution in [0.15, 0.2) is 41.8 Å². The van der Waals surface area contributed by atoms with Gasteiger partial charge in [-0.15, -0.1) is 11.3 Å². The number of nitrogens with one attached hydrogen (secondary N) is 1. The summed E-state index contributed by atoms with van der Waals surface area (Å²) in [5.74, 6) is 2.09. The summed E-state index contributed by atoms with van der Waals surface area (Å²) in [6.07, 6.45) is 0. The van der Waals surface area contributed by atoms with E-state index >= 15 is 0 Å². The molecule has 0 unspecified atom stereocenters. The SMILES string of the molecule is COc1cc(OC)cc(C(=O)Nc2nc(-c3ccc(OC)cc3OC)cs2)c1. The van der Waals surface area contributed by atoms with E-state index in [2.05, 4.69) is 10.3 Å². The Bertz CT molecular complexity index is 964. The first-order valence-corrected chi connectivity index (χ1v) is 9.18. The maximum Gasteiger partial charge on any atom is 0.257 e. The van der Waals surface area contributed by atoms with Crippen molar-refractivity contribution >= 4 is 22.4 Å². The zero-order valence-electron chi connectivity index (χ0n) is 15.9. The minimum absolute atomic E-state index is 0.306. The van der Waals surface area contributed by atoms with Crippen molar-refractivity contribution in [2.24, 2.45) is 0 Å². The fraction of sp³-hybridized carbons (Fsp3) is 0.200. The highest BCUT2D eigenvalue weighted by Crippen LogP contribution is 2.35. The van der Waals surface area contributed by atoms with Crippen LogP contribution in [-0.4, -0.2) is 39.3 Å². The molecule has 146 valence electrons. The molecule has 0 bridgehead atoms. The summed E-state index contributed by atoms with van der Waals surface area (Å²) in [4.78, 5) is 17.1. The van der Waals surface area contributed by atoms with Gasteiger partial charge in [-0.3, -0.25) is 10.1 Å². The summed E-state index contributed by atoms with van der Waals surface area (Å²) in [5.41, 5.74) is 1.92. The second kappa shape index (κ2) is 8.62. The fourth-order valence-corrected chi connectivity index (χ4v) is 3.28. The number of anilines is 1. The smallest absolute Gasteiger partial charge is 0.257 e. The maximum atomic E-state index is 12.6. The number of methoxy groups -OCH3 is 4. The van der Waals surface area contributed by atoms with Crippen LogP contribution in [0.25, 0.3) is 11.3 Å². The summed E-state index contributed by atoms with van der Waals surface area (Å²) in [6.45, 7) is 0. The zero-order valence-corrected chi connectivity index (χ0v) is 16.8. The molecule has 0 saturated carbocycles. The van der Waals surface area contributed by atoms with E-state index in [1.165, 1.54) is 25.6 Å². The molecule has 0 fully saturated rings. The van der Waals surface area contributed by atoms with Crippen molar-refractivity contribution in [3.8, 4) is 34.3 Å². The van der Waals surface area contributed by atoms with Gasteiger partial charge in [-0.05, 0) is 24.3 Å². The normalized spacial score (nSPS) is 10.3. The molecule has 1 amide bonds. The molecule has 0 radical (unpaired) electrons. The highest BCUT2D eigenvalue weighted by Gasteiger charge is 2.15. The molecular formula is C20H20N2O5S. The first-order valence-electron chi connectivity index (χ1n) is 8.30. The van der Waals surface area contributed by atoms with E-state index in [4.69, 9.17) is 18.9 Å². The lowest BCUT2D eigenvalue weighted by Gasteiger charge is -2.09. The van der Waals surface area contributed by atoms with E-state index in [1.54, 1.807) is 38.5 Å². The van der Waals surface area contributed by atoms with Crippen molar-refractivity contribution in [1.29, 1.82) is 0 Å². The number of aromatic nitrogens is 1. The number of carbonyl (C=O) groups is 1. The van der Waals surface area contributed by atoms with E-state index in [1.807, 2.05) is 17.5 Å². The number of hydrogen-bond donors (Lipinski definition) is 1. The number of hydrogen-bond acceptors (Lipinski definition) is 7. The summed E-state index contributed by atoms with van der Waals surface area (Å²) < 4.78 is 21.1. The Labute approximate surface area is 166 Å². The van der Waals surface area contributed by atoms with Gasteiger partial charge in [0.25, 0.3) is 5.91 Å². The molecule has 0 aliphatic rings. The molecule has 1 heterocycles. The van der Waals surface area contributed by atoms with Gasteiger partial charge in [0.15, 0.2) is 5.13 Å². The molecular weight excluding hydrogens is 380 g/mol. The molecule has 3 rings (SSSR count). The van der Waals surface area contributed by atoms with E-state index in [9.17, 15) is 4.79 Å². The second-order valence-electron chi connectivity index (χ2n) is 5.66. The Morgan fingerprint density at radius 3 is 2.18 bits per heavy atom. The standard InChI is InChI=1S/C20H20N2O5S/c1-24-13-5-6-16(18(10-13)27-4)17-11-28-20(21-17)22-19(23)12-7-14(25-2)9-15(8-12)26-3/h5-11H,1-4H3,(H,21,22,23). The predicted molar refractivity (Wildman–Crippen MR) is 108 cm³/mol. The van der Waals surface area contributed by atoms with E-state index in [0.717, 1.165) is 5.56 Å². The summed E-state index contributed by atoms with van der Waals surface area (Å²) >= 11 is 1.32. The Morgan fingerprint density at radius 2 is 1.57 bits per heavy atom. The maximum absolute atomic E-state index is 12.6. The van der Waals surface area contributed by atoms with Gasteiger partial charge in [-0.2, -0.15) is 0 Å². The topological polar surface area (TPSA) is 78.9 Å². The summed E-state index contributed by atoms with van der Waals surface area (Å²) in [5, 5.41) is 5.13. The van der Waals surface area contributed by atoms with Crippen LogP contribution < -0.4 is 24.3 Å². The Morgan fingerprint density at radius 1 is 0.893 bits per heavy atom. The van der Waals surface area contributed by atoms with Crippen LogP contribution in [0.5, 0.6) is 23.0 Å². The second-order valence-corrected chi connectivity index (χ2v) is 6.52. The predicted octanol–water partition coefficient (Wildman–Crippen LogP) is 4.10. The van der Waals surface area contributed by atoms with Crippen LogP contribution in [0.3, 0.4) is 0 Å². The van der Waals surface area contributed by atoms with E-state index in [-0.39, 0.29) is 5.91 Å². The molecule has 0 saturated heterocycles. The van der Waals surface area contributed by atoms with E-state index < -0.39 is 0 Å². The van der Waals surface area contributed by atoms with Crippen molar-refractivity contribution in [3.05, 3.63) is 47.3 Å². The number of ether oxygens (including phenoxy) is 4. The molecule has 0 atom stereocenters. The van der Waals surface area contributed by atoms with Gasteiger partial charge in [0.1, 0.15) is 23.0 Å². The van der Waals surface area contributed by atoms with Crippen molar-refractivity contribution < 1.29 is 23.7 Å². The molecule has 3 aromatic rings. The van der Waals surface area contributed by atoms with Gasteiger partial charge in [-0.25, -0.2) is 4.98 Å². The van der Waals surface area contributed by atoms with Gasteiger partial charge >= 0.3 is 0 Å². The number of amides is 1.